The number of anilines is 2. The highest BCUT2D eigenvalue weighted by atomic mass is 35.5. The van der Waals surface area contributed by atoms with Gasteiger partial charge in [0.05, 0.1) is 29.1 Å². The van der Waals surface area contributed by atoms with Crippen LogP contribution in [0, 0.1) is 0 Å². The Balaban J connectivity index is 1.47. The van der Waals surface area contributed by atoms with Crippen LogP contribution in [0.15, 0.2) is 60.9 Å². The first kappa shape index (κ1) is 21.3. The molecule has 2 aromatic carbocycles. The molecule has 1 aliphatic heterocycles. The zero-order valence-corrected chi connectivity index (χ0v) is 18.8. The fourth-order valence-corrected chi connectivity index (χ4v) is 4.24. The van der Waals surface area contributed by atoms with Crippen LogP contribution in [0.2, 0.25) is 5.02 Å². The molecule has 8 heteroatoms. The summed E-state index contributed by atoms with van der Waals surface area (Å²) < 4.78 is 10.8. The summed E-state index contributed by atoms with van der Waals surface area (Å²) in [5.74, 6) is -0.159. The standard InChI is InChI=1S/C25H22ClN3O4/c1-32-25(31)16-6-9-19(26)23(14-16)33-22-10-11-27-15-18(22)24(30)29-13-12-28(17-7-8-17)20-4-2-3-5-21(20)29/h2-6,9-11,14-15,17H,7-8,12-13H2,1H3. The minimum atomic E-state index is -0.507. The summed E-state index contributed by atoms with van der Waals surface area (Å²) in [4.78, 5) is 33.9. The van der Waals surface area contributed by atoms with E-state index in [4.69, 9.17) is 21.1 Å². The molecule has 1 aromatic heterocycles. The lowest BCUT2D eigenvalue weighted by molar-refractivity contribution is 0.0600. The molecule has 0 radical (unpaired) electrons. The average Bonchev–Trinajstić information content (AvgIpc) is 3.69. The van der Waals surface area contributed by atoms with Crippen molar-refractivity contribution in [1.29, 1.82) is 0 Å². The average molecular weight is 464 g/mol. The second-order valence-electron chi connectivity index (χ2n) is 7.98. The first-order valence-electron chi connectivity index (χ1n) is 10.7. The molecular weight excluding hydrogens is 442 g/mol. The van der Waals surface area contributed by atoms with Gasteiger partial charge in [-0.3, -0.25) is 9.78 Å². The number of ether oxygens (including phenoxy) is 2. The molecule has 1 amide bonds. The van der Waals surface area contributed by atoms with Gasteiger partial charge in [-0.05, 0) is 49.2 Å². The number of nitrogens with zero attached hydrogens (tertiary/aromatic N) is 3. The Labute approximate surface area is 196 Å². The SMILES string of the molecule is COC(=O)c1ccc(Cl)c(Oc2ccncc2C(=O)N2CCN(C3CC3)c3ccccc32)c1. The fraction of sp³-hybridized carbons (Fsp3) is 0.240. The zero-order valence-electron chi connectivity index (χ0n) is 18.0. The van der Waals surface area contributed by atoms with E-state index in [0.29, 0.717) is 34.5 Å². The Hall–Kier alpha value is -3.58. The third kappa shape index (κ3) is 4.12. The highest BCUT2D eigenvalue weighted by Gasteiger charge is 2.36. The quantitative estimate of drug-likeness (QED) is 0.499. The maximum absolute atomic E-state index is 13.7. The largest absolute Gasteiger partial charge is 0.465 e. The molecule has 0 bridgehead atoms. The molecule has 1 fully saturated rings. The fourth-order valence-electron chi connectivity index (χ4n) is 4.08. The highest BCUT2D eigenvalue weighted by Crippen LogP contribution is 2.41. The lowest BCUT2D eigenvalue weighted by Gasteiger charge is -2.38. The molecule has 1 saturated carbocycles. The van der Waals surface area contributed by atoms with Gasteiger partial charge in [0.2, 0.25) is 0 Å². The lowest BCUT2D eigenvalue weighted by atomic mass is 10.1. The molecule has 7 nitrogen and oxygen atoms in total. The Morgan fingerprint density at radius 3 is 2.58 bits per heavy atom. The number of carbonyl (C=O) groups excluding carboxylic acids is 2. The molecule has 0 spiro atoms. The van der Waals surface area contributed by atoms with E-state index in [-0.39, 0.29) is 11.7 Å². The summed E-state index contributed by atoms with van der Waals surface area (Å²) >= 11 is 6.30. The van der Waals surface area contributed by atoms with Crippen LogP contribution in [0.1, 0.15) is 33.6 Å². The number of para-hydroxylation sites is 2. The normalized spacial score (nSPS) is 15.1. The van der Waals surface area contributed by atoms with Crippen molar-refractivity contribution in [3.63, 3.8) is 0 Å². The number of esters is 1. The molecule has 168 valence electrons. The van der Waals surface area contributed by atoms with E-state index in [9.17, 15) is 9.59 Å². The van der Waals surface area contributed by atoms with E-state index in [2.05, 4.69) is 16.0 Å². The second-order valence-corrected chi connectivity index (χ2v) is 8.39. The van der Waals surface area contributed by atoms with Gasteiger partial charge >= 0.3 is 5.97 Å². The van der Waals surface area contributed by atoms with Gasteiger partial charge in [0.15, 0.2) is 0 Å². The van der Waals surface area contributed by atoms with E-state index < -0.39 is 5.97 Å². The number of aromatic nitrogens is 1. The predicted octanol–water partition coefficient (Wildman–Crippen LogP) is 4.94. The van der Waals surface area contributed by atoms with Gasteiger partial charge in [-0.15, -0.1) is 0 Å². The smallest absolute Gasteiger partial charge is 0.337 e. The zero-order chi connectivity index (χ0) is 22.9. The first-order valence-corrected chi connectivity index (χ1v) is 11.1. The predicted molar refractivity (Wildman–Crippen MR) is 126 cm³/mol. The third-order valence-electron chi connectivity index (χ3n) is 5.86. The number of amides is 1. The number of carbonyl (C=O) groups is 2. The van der Waals surface area contributed by atoms with Crippen LogP contribution in [-0.2, 0) is 4.74 Å². The topological polar surface area (TPSA) is 72.0 Å². The molecule has 5 rings (SSSR count). The van der Waals surface area contributed by atoms with Crippen molar-refractivity contribution in [3.05, 3.63) is 77.1 Å². The van der Waals surface area contributed by atoms with E-state index in [0.717, 1.165) is 17.9 Å². The summed E-state index contributed by atoms with van der Waals surface area (Å²) in [7, 11) is 1.30. The summed E-state index contributed by atoms with van der Waals surface area (Å²) in [6.45, 7) is 1.34. The Morgan fingerprint density at radius 2 is 1.82 bits per heavy atom. The molecule has 0 saturated heterocycles. The van der Waals surface area contributed by atoms with Gasteiger partial charge in [0, 0.05) is 31.5 Å². The maximum atomic E-state index is 13.7. The van der Waals surface area contributed by atoms with Crippen LogP contribution in [-0.4, -0.2) is 43.1 Å². The van der Waals surface area contributed by atoms with Crippen LogP contribution in [0.25, 0.3) is 0 Å². The van der Waals surface area contributed by atoms with E-state index >= 15 is 0 Å². The molecule has 2 aliphatic rings. The maximum Gasteiger partial charge on any atom is 0.337 e. The molecular formula is C25H22ClN3O4. The number of hydrogen-bond donors (Lipinski definition) is 0. The minimum absolute atomic E-state index is 0.207. The highest BCUT2D eigenvalue weighted by molar-refractivity contribution is 6.32. The molecule has 0 N–H and O–H groups in total. The van der Waals surface area contributed by atoms with Gasteiger partial charge < -0.3 is 19.3 Å². The van der Waals surface area contributed by atoms with Crippen molar-refractivity contribution < 1.29 is 19.1 Å². The number of halogens is 1. The Kier molecular flexibility index (Phi) is 5.64. The number of pyridine rings is 1. The van der Waals surface area contributed by atoms with Gasteiger partial charge in [-0.25, -0.2) is 4.79 Å². The molecule has 2 heterocycles. The van der Waals surface area contributed by atoms with Crippen LogP contribution >= 0.6 is 11.6 Å². The van der Waals surface area contributed by atoms with Crippen LogP contribution in [0.3, 0.4) is 0 Å². The first-order chi connectivity index (χ1) is 16.1. The van der Waals surface area contributed by atoms with E-state index in [1.54, 1.807) is 29.3 Å². The number of rotatable bonds is 5. The van der Waals surface area contributed by atoms with Gasteiger partial charge in [0.1, 0.15) is 17.1 Å². The molecule has 3 aromatic rings. The van der Waals surface area contributed by atoms with Crippen molar-refractivity contribution in [1.82, 2.24) is 4.98 Å². The molecule has 33 heavy (non-hydrogen) atoms. The minimum Gasteiger partial charge on any atom is -0.465 e. The van der Waals surface area contributed by atoms with Gasteiger partial charge in [-0.2, -0.15) is 0 Å². The Bertz CT molecular complexity index is 1230. The van der Waals surface area contributed by atoms with Crippen molar-refractivity contribution in [2.24, 2.45) is 0 Å². The van der Waals surface area contributed by atoms with Crippen LogP contribution in [0.5, 0.6) is 11.5 Å². The van der Waals surface area contributed by atoms with Crippen LogP contribution in [0.4, 0.5) is 11.4 Å². The third-order valence-corrected chi connectivity index (χ3v) is 6.18. The number of methoxy groups -OCH3 is 1. The van der Waals surface area contributed by atoms with Gasteiger partial charge in [0.25, 0.3) is 5.91 Å². The summed E-state index contributed by atoms with van der Waals surface area (Å²) in [6, 6.07) is 14.7. The van der Waals surface area contributed by atoms with Gasteiger partial charge in [-0.1, -0.05) is 23.7 Å². The van der Waals surface area contributed by atoms with Crippen molar-refractivity contribution in [2.45, 2.75) is 18.9 Å². The van der Waals surface area contributed by atoms with Crippen molar-refractivity contribution in [2.75, 3.05) is 30.0 Å². The van der Waals surface area contributed by atoms with Crippen molar-refractivity contribution in [3.8, 4) is 11.5 Å². The molecule has 0 unspecified atom stereocenters. The van der Waals surface area contributed by atoms with Crippen LogP contribution < -0.4 is 14.5 Å². The molecule has 1 aliphatic carbocycles. The molecule has 0 atom stereocenters. The number of fused-ring (bicyclic) bond motifs is 1. The van der Waals surface area contributed by atoms with E-state index in [1.807, 2.05) is 18.2 Å². The second kappa shape index (κ2) is 8.75. The number of benzene rings is 2. The lowest BCUT2D eigenvalue weighted by Crippen LogP contribution is -2.45. The number of hydrogen-bond acceptors (Lipinski definition) is 6. The summed E-state index contributed by atoms with van der Waals surface area (Å²) in [6.07, 6.45) is 5.41. The summed E-state index contributed by atoms with van der Waals surface area (Å²) in [5.41, 5.74) is 2.55. The Morgan fingerprint density at radius 1 is 1.03 bits per heavy atom. The summed E-state index contributed by atoms with van der Waals surface area (Å²) in [5, 5.41) is 0.307. The monoisotopic (exact) mass is 463 g/mol. The van der Waals surface area contributed by atoms with Crippen molar-refractivity contribution >= 4 is 34.9 Å². The van der Waals surface area contributed by atoms with E-state index in [1.165, 1.54) is 32.2 Å².